The number of nitrogens with one attached hydrogen (secondary N) is 1. The predicted octanol–water partition coefficient (Wildman–Crippen LogP) is 0.588. The second-order valence-corrected chi connectivity index (χ2v) is 6.26. The van der Waals surface area contributed by atoms with E-state index >= 15 is 0 Å². The van der Waals surface area contributed by atoms with Crippen molar-refractivity contribution >= 4 is 23.1 Å². The van der Waals surface area contributed by atoms with Gasteiger partial charge in [0.1, 0.15) is 5.82 Å². The average molecular weight is 352 g/mol. The second kappa shape index (κ2) is 7.04. The minimum Gasteiger partial charge on any atom is -0.353 e. The summed E-state index contributed by atoms with van der Waals surface area (Å²) in [6.07, 6.45) is 3.32. The fraction of sp³-hybridized carbons (Fsp3) is 0.353. The standard InChI is InChI=1S/C17H20N8O/c1-13-20-21-15-2-3-16(22-25(13)15)24-10-8-23(9-11-24)12-17(26)19-14-4-6-18-7-5-14/h2-7H,8-12H2,1H3,(H,18,19,26). The summed E-state index contributed by atoms with van der Waals surface area (Å²) in [5.41, 5.74) is 1.52. The molecule has 3 aromatic rings. The van der Waals surface area contributed by atoms with Crippen LogP contribution in [-0.4, -0.2) is 68.3 Å². The summed E-state index contributed by atoms with van der Waals surface area (Å²) in [5, 5.41) is 15.6. The van der Waals surface area contributed by atoms with Gasteiger partial charge < -0.3 is 10.2 Å². The van der Waals surface area contributed by atoms with Crippen LogP contribution in [0.1, 0.15) is 5.82 Å². The maximum Gasteiger partial charge on any atom is 0.238 e. The zero-order valence-corrected chi connectivity index (χ0v) is 14.5. The Morgan fingerprint density at radius 3 is 2.62 bits per heavy atom. The number of pyridine rings is 1. The fourth-order valence-electron chi connectivity index (χ4n) is 3.03. The van der Waals surface area contributed by atoms with Gasteiger partial charge in [0, 0.05) is 44.3 Å². The number of nitrogens with zero attached hydrogens (tertiary/aromatic N) is 7. The van der Waals surface area contributed by atoms with Gasteiger partial charge in [-0.2, -0.15) is 4.52 Å². The van der Waals surface area contributed by atoms with Gasteiger partial charge in [-0.25, -0.2) is 0 Å². The second-order valence-electron chi connectivity index (χ2n) is 6.26. The first-order valence-electron chi connectivity index (χ1n) is 8.55. The van der Waals surface area contributed by atoms with Crippen LogP contribution in [0.3, 0.4) is 0 Å². The van der Waals surface area contributed by atoms with E-state index in [4.69, 9.17) is 0 Å². The van der Waals surface area contributed by atoms with Gasteiger partial charge in [-0.1, -0.05) is 0 Å². The van der Waals surface area contributed by atoms with Gasteiger partial charge in [0.15, 0.2) is 11.5 Å². The molecule has 0 aromatic carbocycles. The molecule has 1 amide bonds. The molecule has 4 rings (SSSR count). The molecule has 0 bridgehead atoms. The molecule has 0 atom stereocenters. The van der Waals surface area contributed by atoms with Crippen LogP contribution in [0, 0.1) is 6.92 Å². The van der Waals surface area contributed by atoms with Crippen molar-refractivity contribution in [3.63, 3.8) is 0 Å². The van der Waals surface area contributed by atoms with Crippen molar-refractivity contribution in [2.24, 2.45) is 0 Å². The van der Waals surface area contributed by atoms with Crippen molar-refractivity contribution in [1.29, 1.82) is 0 Å². The van der Waals surface area contributed by atoms with Crippen molar-refractivity contribution < 1.29 is 4.79 Å². The van der Waals surface area contributed by atoms with E-state index < -0.39 is 0 Å². The van der Waals surface area contributed by atoms with Crippen LogP contribution in [0.4, 0.5) is 11.5 Å². The van der Waals surface area contributed by atoms with Gasteiger partial charge >= 0.3 is 0 Å². The Bertz CT molecular complexity index is 902. The molecule has 134 valence electrons. The first kappa shape index (κ1) is 16.4. The van der Waals surface area contributed by atoms with Crippen LogP contribution in [0.25, 0.3) is 5.65 Å². The number of piperazine rings is 1. The molecule has 1 aliphatic heterocycles. The molecule has 1 fully saturated rings. The van der Waals surface area contributed by atoms with Crippen LogP contribution >= 0.6 is 0 Å². The van der Waals surface area contributed by atoms with E-state index in [2.05, 4.69) is 35.4 Å². The third kappa shape index (κ3) is 3.47. The highest BCUT2D eigenvalue weighted by molar-refractivity contribution is 5.92. The Morgan fingerprint density at radius 2 is 1.85 bits per heavy atom. The Morgan fingerprint density at radius 1 is 1.08 bits per heavy atom. The first-order valence-corrected chi connectivity index (χ1v) is 8.55. The number of carbonyl (C=O) groups excluding carboxylic acids is 1. The molecule has 0 unspecified atom stereocenters. The molecule has 9 heteroatoms. The highest BCUT2D eigenvalue weighted by Crippen LogP contribution is 2.15. The monoisotopic (exact) mass is 352 g/mol. The van der Waals surface area contributed by atoms with Crippen LogP contribution in [-0.2, 0) is 4.79 Å². The number of carbonyl (C=O) groups is 1. The van der Waals surface area contributed by atoms with E-state index in [1.165, 1.54) is 0 Å². The number of amides is 1. The molecular formula is C17H20N8O. The SMILES string of the molecule is Cc1nnc2ccc(N3CCN(CC(=O)Nc4ccncc4)CC3)nn12. The zero-order chi connectivity index (χ0) is 17.9. The van der Waals surface area contributed by atoms with Gasteiger partial charge in [0.25, 0.3) is 0 Å². The molecular weight excluding hydrogens is 332 g/mol. The lowest BCUT2D eigenvalue weighted by molar-refractivity contribution is -0.117. The summed E-state index contributed by atoms with van der Waals surface area (Å²) < 4.78 is 1.75. The summed E-state index contributed by atoms with van der Waals surface area (Å²) in [7, 11) is 0. The van der Waals surface area contributed by atoms with Crippen molar-refractivity contribution in [3.05, 3.63) is 42.5 Å². The maximum atomic E-state index is 12.2. The molecule has 3 aromatic heterocycles. The summed E-state index contributed by atoms with van der Waals surface area (Å²) in [6, 6.07) is 7.46. The average Bonchev–Trinajstić information content (AvgIpc) is 3.03. The lowest BCUT2D eigenvalue weighted by atomic mass is 10.3. The molecule has 1 aliphatic rings. The summed E-state index contributed by atoms with van der Waals surface area (Å²) in [4.78, 5) is 20.5. The summed E-state index contributed by atoms with van der Waals surface area (Å²) in [6.45, 7) is 5.53. The molecule has 4 heterocycles. The molecule has 9 nitrogen and oxygen atoms in total. The number of aromatic nitrogens is 5. The Kier molecular flexibility index (Phi) is 4.44. The van der Waals surface area contributed by atoms with Crippen LogP contribution in [0.2, 0.25) is 0 Å². The molecule has 26 heavy (non-hydrogen) atoms. The Labute approximate surface area is 150 Å². The lowest BCUT2D eigenvalue weighted by Gasteiger charge is -2.34. The minimum absolute atomic E-state index is 0.00990. The summed E-state index contributed by atoms with van der Waals surface area (Å²) >= 11 is 0. The van der Waals surface area contributed by atoms with Gasteiger partial charge in [0.05, 0.1) is 6.54 Å². The highest BCUT2D eigenvalue weighted by atomic mass is 16.2. The molecule has 1 saturated heterocycles. The van der Waals surface area contributed by atoms with E-state index in [9.17, 15) is 4.79 Å². The quantitative estimate of drug-likeness (QED) is 0.735. The smallest absolute Gasteiger partial charge is 0.238 e. The molecule has 0 saturated carbocycles. The van der Waals surface area contributed by atoms with Gasteiger partial charge in [-0.15, -0.1) is 15.3 Å². The number of rotatable bonds is 4. The van der Waals surface area contributed by atoms with Crippen molar-refractivity contribution in [1.82, 2.24) is 29.7 Å². The molecule has 0 spiro atoms. The summed E-state index contributed by atoms with van der Waals surface area (Å²) in [5.74, 6) is 1.67. The number of fused-ring (bicyclic) bond motifs is 1. The lowest BCUT2D eigenvalue weighted by Crippen LogP contribution is -2.49. The minimum atomic E-state index is -0.00990. The molecule has 0 radical (unpaired) electrons. The van der Waals surface area contributed by atoms with E-state index in [-0.39, 0.29) is 5.91 Å². The van der Waals surface area contributed by atoms with Crippen molar-refractivity contribution in [3.8, 4) is 0 Å². The number of aryl methyl sites for hydroxylation is 1. The predicted molar refractivity (Wildman–Crippen MR) is 97.0 cm³/mol. The number of hydrogen-bond donors (Lipinski definition) is 1. The van der Waals surface area contributed by atoms with E-state index in [1.807, 2.05) is 19.1 Å². The van der Waals surface area contributed by atoms with Crippen LogP contribution in [0.5, 0.6) is 0 Å². The van der Waals surface area contributed by atoms with E-state index in [0.29, 0.717) is 6.54 Å². The van der Waals surface area contributed by atoms with Crippen LogP contribution < -0.4 is 10.2 Å². The Hall–Kier alpha value is -3.07. The van der Waals surface area contributed by atoms with Crippen molar-refractivity contribution in [2.45, 2.75) is 6.92 Å². The van der Waals surface area contributed by atoms with Gasteiger partial charge in [-0.05, 0) is 31.2 Å². The third-order valence-corrected chi connectivity index (χ3v) is 4.43. The largest absolute Gasteiger partial charge is 0.353 e. The highest BCUT2D eigenvalue weighted by Gasteiger charge is 2.20. The maximum absolute atomic E-state index is 12.2. The fourth-order valence-corrected chi connectivity index (χ4v) is 3.03. The van der Waals surface area contributed by atoms with Gasteiger partial charge in [0.2, 0.25) is 5.91 Å². The zero-order valence-electron chi connectivity index (χ0n) is 14.5. The third-order valence-electron chi connectivity index (χ3n) is 4.43. The van der Waals surface area contributed by atoms with E-state index in [0.717, 1.165) is 49.2 Å². The van der Waals surface area contributed by atoms with E-state index in [1.54, 1.807) is 29.0 Å². The number of hydrogen-bond acceptors (Lipinski definition) is 7. The normalized spacial score (nSPS) is 15.3. The van der Waals surface area contributed by atoms with Crippen molar-refractivity contribution in [2.75, 3.05) is 42.9 Å². The molecule has 0 aliphatic carbocycles. The first-order chi connectivity index (χ1) is 12.7. The molecule has 1 N–H and O–H groups in total. The number of anilines is 2. The Balaban J connectivity index is 1.33. The van der Waals surface area contributed by atoms with Crippen LogP contribution in [0.15, 0.2) is 36.7 Å². The van der Waals surface area contributed by atoms with Gasteiger partial charge in [-0.3, -0.25) is 14.7 Å². The topological polar surface area (TPSA) is 91.5 Å².